The molecule has 1 nitrogen and oxygen atoms in total. The van der Waals surface area contributed by atoms with E-state index in [1.807, 2.05) is 30.3 Å². The third kappa shape index (κ3) is 4.95. The van der Waals surface area contributed by atoms with Crippen LogP contribution in [0.25, 0.3) is 6.08 Å². The summed E-state index contributed by atoms with van der Waals surface area (Å²) in [7, 11) is 0. The van der Waals surface area contributed by atoms with E-state index in [1.54, 1.807) is 0 Å². The van der Waals surface area contributed by atoms with E-state index >= 15 is 0 Å². The van der Waals surface area contributed by atoms with Gasteiger partial charge in [-0.05, 0) is 29.2 Å². The average molecular weight is 301 g/mol. The summed E-state index contributed by atoms with van der Waals surface area (Å²) in [4.78, 5) is 0. The zero-order valence-corrected chi connectivity index (χ0v) is 13.3. The predicted octanol–water partition coefficient (Wildman–Crippen LogP) is 5.54. The maximum absolute atomic E-state index is 5.97. The van der Waals surface area contributed by atoms with Crippen LogP contribution in [0.4, 0.5) is 0 Å². The standard InChI is InChI=1S/C19H21ClO/c1-15(2)18(13-20)12-16-8-10-19(11-9-16)21-14-17-6-4-3-5-7-17/h3-12,15H,13-14H2,1-2H3. The van der Waals surface area contributed by atoms with Crippen molar-refractivity contribution in [1.82, 2.24) is 0 Å². The highest BCUT2D eigenvalue weighted by molar-refractivity contribution is 6.19. The van der Waals surface area contributed by atoms with Crippen molar-refractivity contribution in [2.75, 3.05) is 5.88 Å². The van der Waals surface area contributed by atoms with Crippen molar-refractivity contribution in [2.24, 2.45) is 5.92 Å². The number of rotatable bonds is 6. The lowest BCUT2D eigenvalue weighted by Gasteiger charge is -2.09. The fraction of sp³-hybridized carbons (Fsp3) is 0.263. The van der Waals surface area contributed by atoms with Crippen molar-refractivity contribution in [3.63, 3.8) is 0 Å². The Balaban J connectivity index is 1.99. The molecule has 2 aromatic rings. The van der Waals surface area contributed by atoms with Gasteiger partial charge >= 0.3 is 0 Å². The van der Waals surface area contributed by atoms with Crippen LogP contribution in [-0.4, -0.2) is 5.88 Å². The molecule has 0 bridgehead atoms. The molecule has 110 valence electrons. The van der Waals surface area contributed by atoms with Crippen molar-refractivity contribution in [3.05, 3.63) is 71.3 Å². The lowest BCUT2D eigenvalue weighted by Crippen LogP contribution is -1.96. The van der Waals surface area contributed by atoms with Crippen molar-refractivity contribution in [1.29, 1.82) is 0 Å². The molecule has 0 amide bonds. The molecule has 0 aliphatic heterocycles. The number of hydrogen-bond acceptors (Lipinski definition) is 1. The summed E-state index contributed by atoms with van der Waals surface area (Å²) in [5, 5.41) is 0. The third-order valence-corrected chi connectivity index (χ3v) is 3.68. The van der Waals surface area contributed by atoms with Crippen LogP contribution < -0.4 is 4.74 Å². The molecule has 0 saturated carbocycles. The minimum atomic E-state index is 0.469. The van der Waals surface area contributed by atoms with Gasteiger partial charge in [0, 0.05) is 5.88 Å². The number of ether oxygens (including phenoxy) is 1. The number of alkyl halides is 1. The van der Waals surface area contributed by atoms with Crippen molar-refractivity contribution >= 4 is 17.7 Å². The molecule has 0 atom stereocenters. The number of allylic oxidation sites excluding steroid dienone is 1. The van der Waals surface area contributed by atoms with Crippen LogP contribution in [-0.2, 0) is 6.61 Å². The highest BCUT2D eigenvalue weighted by Crippen LogP contribution is 2.19. The van der Waals surface area contributed by atoms with E-state index in [-0.39, 0.29) is 0 Å². The second-order valence-electron chi connectivity index (χ2n) is 5.35. The second kappa shape index (κ2) is 7.90. The van der Waals surface area contributed by atoms with E-state index in [2.05, 4.69) is 44.2 Å². The Hall–Kier alpha value is -1.73. The topological polar surface area (TPSA) is 9.23 Å². The summed E-state index contributed by atoms with van der Waals surface area (Å²) in [5.41, 5.74) is 3.58. The first-order chi connectivity index (χ1) is 10.2. The van der Waals surface area contributed by atoms with Crippen LogP contribution in [0.3, 0.4) is 0 Å². The normalized spacial score (nSPS) is 11.7. The van der Waals surface area contributed by atoms with Crippen LogP contribution in [0.5, 0.6) is 5.75 Å². The first-order valence-electron chi connectivity index (χ1n) is 7.22. The highest BCUT2D eigenvalue weighted by atomic mass is 35.5. The Morgan fingerprint density at radius 3 is 2.29 bits per heavy atom. The molecule has 0 aliphatic rings. The molecular formula is C19H21ClO. The summed E-state index contributed by atoms with van der Waals surface area (Å²) < 4.78 is 5.78. The van der Waals surface area contributed by atoms with Gasteiger partial charge in [0.1, 0.15) is 12.4 Å². The van der Waals surface area contributed by atoms with Crippen LogP contribution in [0.15, 0.2) is 60.2 Å². The van der Waals surface area contributed by atoms with Crippen LogP contribution in [0.1, 0.15) is 25.0 Å². The van der Waals surface area contributed by atoms with Gasteiger partial charge in [-0.2, -0.15) is 0 Å². The molecule has 21 heavy (non-hydrogen) atoms. The van der Waals surface area contributed by atoms with Crippen molar-refractivity contribution < 1.29 is 4.74 Å². The van der Waals surface area contributed by atoms with Gasteiger partial charge in [0.2, 0.25) is 0 Å². The Kier molecular flexibility index (Phi) is 5.89. The van der Waals surface area contributed by atoms with Crippen molar-refractivity contribution in [2.45, 2.75) is 20.5 Å². The largest absolute Gasteiger partial charge is 0.489 e. The molecule has 0 heterocycles. The molecule has 0 aliphatic carbocycles. The average Bonchev–Trinajstić information content (AvgIpc) is 2.52. The maximum atomic E-state index is 5.97. The second-order valence-corrected chi connectivity index (χ2v) is 5.62. The third-order valence-electron chi connectivity index (χ3n) is 3.38. The van der Waals surface area contributed by atoms with Crippen LogP contribution in [0.2, 0.25) is 0 Å². The molecule has 0 aromatic heterocycles. The summed E-state index contributed by atoms with van der Waals surface area (Å²) >= 11 is 5.97. The van der Waals surface area contributed by atoms with Crippen LogP contribution in [0, 0.1) is 5.92 Å². The smallest absolute Gasteiger partial charge is 0.119 e. The quantitative estimate of drug-likeness (QED) is 0.636. The summed E-state index contributed by atoms with van der Waals surface area (Å²) in [5.74, 6) is 1.92. The van der Waals surface area contributed by atoms with Gasteiger partial charge in [0.25, 0.3) is 0 Å². The summed E-state index contributed by atoms with van der Waals surface area (Å²) in [6, 6.07) is 18.3. The number of hydrogen-bond donors (Lipinski definition) is 0. The van der Waals surface area contributed by atoms with E-state index in [1.165, 1.54) is 11.1 Å². The van der Waals surface area contributed by atoms with E-state index < -0.39 is 0 Å². The summed E-state index contributed by atoms with van der Waals surface area (Å²) in [6.07, 6.45) is 2.15. The molecule has 0 fully saturated rings. The van der Waals surface area contributed by atoms with E-state index in [0.717, 1.165) is 11.3 Å². The Labute approximate surface area is 132 Å². The zero-order chi connectivity index (χ0) is 15.1. The lowest BCUT2D eigenvalue weighted by atomic mass is 10.0. The van der Waals surface area contributed by atoms with E-state index in [9.17, 15) is 0 Å². The molecule has 0 spiro atoms. The molecule has 0 saturated heterocycles. The van der Waals surface area contributed by atoms with Gasteiger partial charge in [-0.25, -0.2) is 0 Å². The van der Waals surface area contributed by atoms with Crippen molar-refractivity contribution in [3.8, 4) is 5.75 Å². The molecule has 0 N–H and O–H groups in total. The van der Waals surface area contributed by atoms with Gasteiger partial charge < -0.3 is 4.74 Å². The van der Waals surface area contributed by atoms with Crippen LogP contribution >= 0.6 is 11.6 Å². The zero-order valence-electron chi connectivity index (χ0n) is 12.6. The van der Waals surface area contributed by atoms with E-state index in [4.69, 9.17) is 16.3 Å². The highest BCUT2D eigenvalue weighted by Gasteiger charge is 2.02. The van der Waals surface area contributed by atoms with Gasteiger partial charge in [0.05, 0.1) is 0 Å². The first-order valence-corrected chi connectivity index (χ1v) is 7.75. The molecule has 0 unspecified atom stereocenters. The minimum absolute atomic E-state index is 0.469. The maximum Gasteiger partial charge on any atom is 0.119 e. The molecule has 0 radical (unpaired) electrons. The van der Waals surface area contributed by atoms with Gasteiger partial charge in [-0.1, -0.05) is 68.0 Å². The SMILES string of the molecule is CC(C)C(=Cc1ccc(OCc2ccccc2)cc1)CCl. The number of benzene rings is 2. The fourth-order valence-corrected chi connectivity index (χ4v) is 2.36. The first kappa shape index (κ1) is 15.7. The molecular weight excluding hydrogens is 280 g/mol. The Bertz CT molecular complexity index is 570. The van der Waals surface area contributed by atoms with Gasteiger partial charge in [-0.15, -0.1) is 11.6 Å². The number of halogens is 1. The van der Waals surface area contributed by atoms with Gasteiger partial charge in [0.15, 0.2) is 0 Å². The Morgan fingerprint density at radius 1 is 1.05 bits per heavy atom. The molecule has 2 heteroatoms. The predicted molar refractivity (Wildman–Crippen MR) is 90.8 cm³/mol. The fourth-order valence-electron chi connectivity index (χ4n) is 1.97. The minimum Gasteiger partial charge on any atom is -0.489 e. The van der Waals surface area contributed by atoms with E-state index in [0.29, 0.717) is 18.4 Å². The summed E-state index contributed by atoms with van der Waals surface area (Å²) in [6.45, 7) is 4.91. The molecule has 2 aromatic carbocycles. The lowest BCUT2D eigenvalue weighted by molar-refractivity contribution is 0.306. The molecule has 2 rings (SSSR count). The van der Waals surface area contributed by atoms with Gasteiger partial charge in [-0.3, -0.25) is 0 Å². The monoisotopic (exact) mass is 300 g/mol. The Morgan fingerprint density at radius 2 is 1.71 bits per heavy atom.